The Bertz CT molecular complexity index is 1770. The van der Waals surface area contributed by atoms with Gasteiger partial charge in [-0.3, -0.25) is 9.59 Å². The lowest BCUT2D eigenvalue weighted by atomic mass is 9.97. The number of halogens is 1. The molecule has 5 rings (SSSR count). The number of nitrogens with one attached hydrogen (secondary N) is 1. The Labute approximate surface area is 259 Å². The van der Waals surface area contributed by atoms with Gasteiger partial charge < -0.3 is 14.6 Å². The molecule has 1 amide bonds. The van der Waals surface area contributed by atoms with Crippen LogP contribution >= 0.6 is 11.6 Å². The smallest absolute Gasteiger partial charge is 0.272 e. The first-order chi connectivity index (χ1) is 21.4. The van der Waals surface area contributed by atoms with Gasteiger partial charge in [-0.1, -0.05) is 67.4 Å². The number of tetrazole rings is 1. The molecule has 5 aromatic rings. The van der Waals surface area contributed by atoms with E-state index in [1.807, 2.05) is 62.4 Å². The van der Waals surface area contributed by atoms with E-state index in [-0.39, 0.29) is 40.4 Å². The molecule has 2 aromatic carbocycles. The van der Waals surface area contributed by atoms with Gasteiger partial charge in [-0.25, -0.2) is 9.97 Å². The van der Waals surface area contributed by atoms with E-state index in [4.69, 9.17) is 11.6 Å². The molecule has 0 radical (unpaired) electrons. The second-order valence-electron chi connectivity index (χ2n) is 10.2. The lowest BCUT2D eigenvalue weighted by Crippen LogP contribution is -2.31. The fourth-order valence-corrected chi connectivity index (χ4v) is 5.39. The molecule has 0 aliphatic carbocycles. The van der Waals surface area contributed by atoms with Gasteiger partial charge >= 0.3 is 0 Å². The summed E-state index contributed by atoms with van der Waals surface area (Å²) in [5.74, 6) is -0.253. The highest BCUT2D eigenvalue weighted by Crippen LogP contribution is 2.32. The summed E-state index contributed by atoms with van der Waals surface area (Å²) in [6.45, 7) is 7.01. The number of ketones is 1. The van der Waals surface area contributed by atoms with Crippen molar-refractivity contribution < 1.29 is 14.7 Å². The molecule has 0 atom stereocenters. The van der Waals surface area contributed by atoms with Gasteiger partial charge in [0.2, 0.25) is 11.6 Å². The van der Waals surface area contributed by atoms with Gasteiger partial charge in [-0.15, -0.1) is 10.2 Å². The van der Waals surface area contributed by atoms with E-state index in [1.165, 1.54) is 12.1 Å². The van der Waals surface area contributed by atoms with Gasteiger partial charge in [0.05, 0.1) is 0 Å². The van der Waals surface area contributed by atoms with Crippen LogP contribution in [0.1, 0.15) is 71.7 Å². The summed E-state index contributed by atoms with van der Waals surface area (Å²) in [6, 6.07) is 18.5. The van der Waals surface area contributed by atoms with Crippen LogP contribution in [0.2, 0.25) is 5.15 Å². The van der Waals surface area contributed by atoms with Crippen LogP contribution in [-0.2, 0) is 13.0 Å². The monoisotopic (exact) mass is 612 g/mol. The summed E-state index contributed by atoms with van der Waals surface area (Å²) in [6.07, 6.45) is 2.34. The van der Waals surface area contributed by atoms with Crippen molar-refractivity contribution in [3.63, 3.8) is 0 Å². The molecule has 44 heavy (non-hydrogen) atoms. The zero-order valence-corrected chi connectivity index (χ0v) is 25.5. The average molecular weight is 613 g/mol. The van der Waals surface area contributed by atoms with Crippen LogP contribution in [0.3, 0.4) is 0 Å². The molecular formula is C32H33ClN8O3. The van der Waals surface area contributed by atoms with Crippen molar-refractivity contribution in [3.8, 4) is 28.3 Å². The quantitative estimate of drug-likeness (QED) is 0.174. The normalized spacial score (nSPS) is 11.1. The molecule has 0 aliphatic rings. The maximum Gasteiger partial charge on any atom is 0.272 e. The number of hydrogen-bond acceptors (Lipinski definition) is 8. The molecule has 0 spiro atoms. The number of pyridine rings is 1. The lowest BCUT2D eigenvalue weighted by Gasteiger charge is -2.18. The maximum atomic E-state index is 14.0. The summed E-state index contributed by atoms with van der Waals surface area (Å²) in [5.41, 5.74) is 3.40. The van der Waals surface area contributed by atoms with Crippen LogP contribution in [0.15, 0.2) is 60.7 Å². The van der Waals surface area contributed by atoms with Gasteiger partial charge in [0.1, 0.15) is 23.0 Å². The molecule has 2 N–H and O–H groups in total. The molecular weight excluding hydrogens is 580 g/mol. The Hall–Kier alpha value is -4.90. The Balaban J connectivity index is 1.59. The van der Waals surface area contributed by atoms with E-state index in [0.717, 1.165) is 35.1 Å². The molecule has 0 unspecified atom stereocenters. The van der Waals surface area contributed by atoms with E-state index in [2.05, 4.69) is 37.5 Å². The predicted molar refractivity (Wildman–Crippen MR) is 167 cm³/mol. The third-order valence-electron chi connectivity index (χ3n) is 7.43. The minimum Gasteiger partial charge on any atom is -0.506 e. The first-order valence-corrected chi connectivity index (χ1v) is 14.9. The van der Waals surface area contributed by atoms with Gasteiger partial charge in [0.15, 0.2) is 10.8 Å². The molecule has 0 aliphatic heterocycles. The maximum absolute atomic E-state index is 14.0. The van der Waals surface area contributed by atoms with Crippen LogP contribution in [0, 0.1) is 0 Å². The Morgan fingerprint density at radius 2 is 1.75 bits per heavy atom. The van der Waals surface area contributed by atoms with E-state index in [1.54, 1.807) is 9.47 Å². The highest BCUT2D eigenvalue weighted by molar-refractivity contribution is 6.33. The first kappa shape index (κ1) is 30.6. The van der Waals surface area contributed by atoms with Crippen LogP contribution < -0.4 is 0 Å². The van der Waals surface area contributed by atoms with Gasteiger partial charge in [0, 0.05) is 31.6 Å². The number of unbranched alkanes of at least 4 members (excludes halogenated alkanes) is 1. The average Bonchev–Trinajstić information content (AvgIpc) is 3.69. The van der Waals surface area contributed by atoms with Crippen molar-refractivity contribution in [2.24, 2.45) is 0 Å². The second kappa shape index (κ2) is 13.6. The molecule has 3 heterocycles. The number of hydrogen-bond donors (Lipinski definition) is 2. The molecule has 0 fully saturated rings. The number of nitrogens with zero attached hydrogens (tertiary/aromatic N) is 7. The van der Waals surface area contributed by atoms with E-state index in [9.17, 15) is 14.7 Å². The number of benzene rings is 2. The van der Waals surface area contributed by atoms with Gasteiger partial charge in [-0.2, -0.15) is 5.21 Å². The highest BCUT2D eigenvalue weighted by Gasteiger charge is 2.28. The number of aromatic amines is 1. The fraction of sp³-hybridized carbons (Fsp3) is 0.281. The molecule has 0 saturated carbocycles. The highest BCUT2D eigenvalue weighted by atomic mass is 35.5. The number of carbonyl (C=O) groups excluding carboxylic acids is 2. The van der Waals surface area contributed by atoms with Crippen molar-refractivity contribution >= 4 is 23.3 Å². The van der Waals surface area contributed by atoms with E-state index >= 15 is 0 Å². The summed E-state index contributed by atoms with van der Waals surface area (Å²) < 4.78 is 1.76. The van der Waals surface area contributed by atoms with Gasteiger partial charge in [0.25, 0.3) is 5.91 Å². The standard InChI is InChI=1S/C32H33ClN8O3/c1-4-7-13-26-35-30(33)28(29(43)27-25(42)17-16-24(34-27)32(44)40(5-2)6-3)41(26)19-20-14-15-22(21-11-9-8-10-12-21)23(18-20)31-36-38-39-37-31/h8-12,14-18,42H,4-7,13,19H2,1-3H3,(H,36,37,38,39). The zero-order valence-electron chi connectivity index (χ0n) is 24.8. The number of H-pyrrole nitrogens is 1. The molecule has 12 heteroatoms. The topological polar surface area (TPSA) is 143 Å². The van der Waals surface area contributed by atoms with Crippen molar-refractivity contribution in [2.45, 2.75) is 46.6 Å². The number of carbonyl (C=O) groups is 2. The SMILES string of the molecule is CCCCc1nc(Cl)c(C(=O)c2nc(C(=O)N(CC)CC)ccc2O)n1Cc1ccc(-c2ccccc2)c(-c2nn[nH]n2)c1. The number of aromatic nitrogens is 7. The molecule has 0 saturated heterocycles. The third-order valence-corrected chi connectivity index (χ3v) is 7.69. The number of aryl methyl sites for hydroxylation is 1. The van der Waals surface area contributed by atoms with Crippen LogP contribution in [0.25, 0.3) is 22.5 Å². The largest absolute Gasteiger partial charge is 0.506 e. The lowest BCUT2D eigenvalue weighted by molar-refractivity contribution is 0.0767. The Morgan fingerprint density at radius 1 is 0.977 bits per heavy atom. The second-order valence-corrected chi connectivity index (χ2v) is 10.6. The van der Waals surface area contributed by atoms with Crippen molar-refractivity contribution in [2.75, 3.05) is 13.1 Å². The molecule has 226 valence electrons. The Morgan fingerprint density at radius 3 is 2.43 bits per heavy atom. The minimum atomic E-state index is -0.628. The van der Waals surface area contributed by atoms with Crippen LogP contribution in [-0.4, -0.2) is 69.9 Å². The molecule has 11 nitrogen and oxygen atoms in total. The van der Waals surface area contributed by atoms with Crippen molar-refractivity contribution in [3.05, 3.63) is 94.3 Å². The van der Waals surface area contributed by atoms with E-state index in [0.29, 0.717) is 31.2 Å². The van der Waals surface area contributed by atoms with E-state index < -0.39 is 5.78 Å². The fourth-order valence-electron chi connectivity index (χ4n) is 5.10. The summed E-state index contributed by atoms with van der Waals surface area (Å²) in [5, 5.41) is 25.4. The molecule has 3 aromatic heterocycles. The van der Waals surface area contributed by atoms with Crippen molar-refractivity contribution in [1.82, 2.24) is 40.1 Å². The first-order valence-electron chi connectivity index (χ1n) is 14.6. The number of aromatic hydroxyl groups is 1. The zero-order chi connectivity index (χ0) is 31.2. The van der Waals surface area contributed by atoms with Crippen molar-refractivity contribution in [1.29, 1.82) is 0 Å². The summed E-state index contributed by atoms with van der Waals surface area (Å²) in [4.78, 5) is 37.5. The third kappa shape index (κ3) is 6.23. The van der Waals surface area contributed by atoms with Crippen LogP contribution in [0.4, 0.5) is 0 Å². The summed E-state index contributed by atoms with van der Waals surface area (Å²) >= 11 is 6.64. The Kier molecular flexibility index (Phi) is 9.44. The minimum absolute atomic E-state index is 0.00192. The van der Waals surface area contributed by atoms with Gasteiger partial charge in [-0.05, 0) is 60.4 Å². The number of rotatable bonds is 12. The van der Waals surface area contributed by atoms with Crippen LogP contribution in [0.5, 0.6) is 5.75 Å². The number of amides is 1. The number of imidazole rings is 1. The molecule has 0 bridgehead atoms. The predicted octanol–water partition coefficient (Wildman–Crippen LogP) is 5.59. The summed E-state index contributed by atoms with van der Waals surface area (Å²) in [7, 11) is 0.